The van der Waals surface area contributed by atoms with Crippen LogP contribution in [0.15, 0.2) is 77.0 Å². The first-order chi connectivity index (χ1) is 14.0. The number of carbonyl (C=O) groups excluding carboxylic acids is 2. The minimum Gasteiger partial charge on any atom is -0.465 e. The van der Waals surface area contributed by atoms with Gasteiger partial charge in [0.1, 0.15) is 17.3 Å². The summed E-state index contributed by atoms with van der Waals surface area (Å²) in [5, 5.41) is 5.41. The third kappa shape index (κ3) is 5.90. The van der Waals surface area contributed by atoms with Gasteiger partial charge in [-0.2, -0.15) is 0 Å². The van der Waals surface area contributed by atoms with Crippen molar-refractivity contribution in [2.24, 2.45) is 0 Å². The van der Waals surface area contributed by atoms with Crippen molar-refractivity contribution in [3.63, 3.8) is 0 Å². The molecule has 3 rings (SSSR count). The summed E-state index contributed by atoms with van der Waals surface area (Å²) < 4.78 is 18.2. The number of hydrogen-bond donors (Lipinski definition) is 2. The highest BCUT2D eigenvalue weighted by atomic mass is 19.1. The van der Waals surface area contributed by atoms with Crippen molar-refractivity contribution in [2.75, 3.05) is 6.54 Å². The van der Waals surface area contributed by atoms with Gasteiger partial charge >= 0.3 is 0 Å². The number of furan rings is 1. The van der Waals surface area contributed by atoms with Gasteiger partial charge < -0.3 is 15.1 Å². The Morgan fingerprint density at radius 1 is 1.03 bits per heavy atom. The lowest BCUT2D eigenvalue weighted by molar-refractivity contribution is -0.117. The molecular weight excluding hydrogens is 371 g/mol. The van der Waals surface area contributed by atoms with Crippen LogP contribution in [0.1, 0.15) is 27.2 Å². The molecule has 0 saturated carbocycles. The highest BCUT2D eigenvalue weighted by molar-refractivity contribution is 6.05. The summed E-state index contributed by atoms with van der Waals surface area (Å²) >= 11 is 0. The van der Waals surface area contributed by atoms with Gasteiger partial charge in [0, 0.05) is 18.2 Å². The van der Waals surface area contributed by atoms with E-state index in [9.17, 15) is 14.0 Å². The van der Waals surface area contributed by atoms with Crippen LogP contribution in [0.2, 0.25) is 0 Å². The number of hydrogen-bond acceptors (Lipinski definition) is 3. The second-order valence-electron chi connectivity index (χ2n) is 6.53. The second kappa shape index (κ2) is 9.50. The molecule has 3 aromatic rings. The average Bonchev–Trinajstić information content (AvgIpc) is 3.22. The minimum absolute atomic E-state index is 0.0737. The maximum absolute atomic E-state index is 13.0. The first-order valence-corrected chi connectivity index (χ1v) is 9.17. The Labute approximate surface area is 168 Å². The molecule has 2 amide bonds. The van der Waals surface area contributed by atoms with E-state index in [2.05, 4.69) is 10.6 Å². The van der Waals surface area contributed by atoms with Crippen LogP contribution in [-0.2, 0) is 11.2 Å². The quantitative estimate of drug-likeness (QED) is 0.600. The fraction of sp³-hybridized carbons (Fsp3) is 0.130. The van der Waals surface area contributed by atoms with Gasteiger partial charge in [-0.15, -0.1) is 0 Å². The van der Waals surface area contributed by atoms with Gasteiger partial charge in [-0.1, -0.05) is 29.8 Å². The molecule has 0 atom stereocenters. The van der Waals surface area contributed by atoms with Crippen LogP contribution < -0.4 is 10.6 Å². The molecule has 0 fully saturated rings. The maximum Gasteiger partial charge on any atom is 0.267 e. The standard InChI is InChI=1S/C23H21FN2O3/c1-16-4-8-18(9-5-16)22(27)26-21(15-20-3-2-14-29-20)23(28)25-13-12-17-6-10-19(24)11-7-17/h2-11,14-15H,12-13H2,1H3,(H,25,28)(H,26,27)/b21-15-. The number of nitrogens with one attached hydrogen (secondary N) is 2. The zero-order chi connectivity index (χ0) is 20.6. The molecule has 0 bridgehead atoms. The summed E-state index contributed by atoms with van der Waals surface area (Å²) in [7, 11) is 0. The molecule has 6 heteroatoms. The van der Waals surface area contributed by atoms with Gasteiger partial charge in [0.15, 0.2) is 0 Å². The highest BCUT2D eigenvalue weighted by Crippen LogP contribution is 2.09. The third-order valence-corrected chi connectivity index (χ3v) is 4.25. The van der Waals surface area contributed by atoms with Gasteiger partial charge in [-0.05, 0) is 55.3 Å². The molecule has 1 heterocycles. The van der Waals surface area contributed by atoms with Gasteiger partial charge in [-0.25, -0.2) is 4.39 Å². The number of rotatable bonds is 7. The van der Waals surface area contributed by atoms with Crippen LogP contribution in [0.25, 0.3) is 6.08 Å². The van der Waals surface area contributed by atoms with E-state index in [0.717, 1.165) is 11.1 Å². The Bertz CT molecular complexity index is 992. The molecule has 2 aromatic carbocycles. The molecule has 0 aliphatic rings. The first kappa shape index (κ1) is 20.1. The van der Waals surface area contributed by atoms with Crippen molar-refractivity contribution in [2.45, 2.75) is 13.3 Å². The molecule has 0 saturated heterocycles. The summed E-state index contributed by atoms with van der Waals surface area (Å²) in [4.78, 5) is 25.2. The molecule has 148 valence electrons. The normalized spacial score (nSPS) is 11.2. The van der Waals surface area contributed by atoms with Gasteiger partial charge in [0.25, 0.3) is 11.8 Å². The molecule has 29 heavy (non-hydrogen) atoms. The van der Waals surface area contributed by atoms with Crippen LogP contribution in [0.5, 0.6) is 0 Å². The van der Waals surface area contributed by atoms with E-state index in [-0.39, 0.29) is 11.5 Å². The number of benzene rings is 2. The van der Waals surface area contributed by atoms with E-state index in [1.165, 1.54) is 24.5 Å². The SMILES string of the molecule is Cc1ccc(C(=O)N/C(=C\c2ccco2)C(=O)NCCc2ccc(F)cc2)cc1. The Kier molecular flexibility index (Phi) is 6.58. The van der Waals surface area contributed by atoms with E-state index in [4.69, 9.17) is 4.42 Å². The molecule has 0 aliphatic carbocycles. The first-order valence-electron chi connectivity index (χ1n) is 9.17. The van der Waals surface area contributed by atoms with Gasteiger partial charge in [0.05, 0.1) is 6.26 Å². The number of aryl methyl sites for hydroxylation is 1. The lowest BCUT2D eigenvalue weighted by atomic mass is 10.1. The minimum atomic E-state index is -0.441. The monoisotopic (exact) mass is 392 g/mol. The lowest BCUT2D eigenvalue weighted by Gasteiger charge is -2.11. The average molecular weight is 392 g/mol. The summed E-state index contributed by atoms with van der Waals surface area (Å²) in [6.07, 6.45) is 3.49. The number of amides is 2. The van der Waals surface area contributed by atoms with E-state index >= 15 is 0 Å². The van der Waals surface area contributed by atoms with Crippen LogP contribution in [0, 0.1) is 12.7 Å². The molecule has 2 N–H and O–H groups in total. The molecule has 0 unspecified atom stereocenters. The molecule has 5 nitrogen and oxygen atoms in total. The van der Waals surface area contributed by atoms with Crippen molar-refractivity contribution in [1.82, 2.24) is 10.6 Å². The Balaban J connectivity index is 1.67. The van der Waals surface area contributed by atoms with Gasteiger partial charge in [-0.3, -0.25) is 9.59 Å². The van der Waals surface area contributed by atoms with Gasteiger partial charge in [0.2, 0.25) is 0 Å². The van der Waals surface area contributed by atoms with Crippen molar-refractivity contribution < 1.29 is 18.4 Å². The predicted molar refractivity (Wildman–Crippen MR) is 108 cm³/mol. The fourth-order valence-corrected chi connectivity index (χ4v) is 2.64. The smallest absolute Gasteiger partial charge is 0.267 e. The topological polar surface area (TPSA) is 71.3 Å². The lowest BCUT2D eigenvalue weighted by Crippen LogP contribution is -2.35. The molecule has 0 spiro atoms. The van der Waals surface area contributed by atoms with Crippen LogP contribution in [-0.4, -0.2) is 18.4 Å². The zero-order valence-corrected chi connectivity index (χ0v) is 15.9. The maximum atomic E-state index is 13.0. The second-order valence-corrected chi connectivity index (χ2v) is 6.53. The highest BCUT2D eigenvalue weighted by Gasteiger charge is 2.15. The van der Waals surface area contributed by atoms with Crippen molar-refractivity contribution in [3.8, 4) is 0 Å². The summed E-state index contributed by atoms with van der Waals surface area (Å²) in [5.41, 5.74) is 2.45. The van der Waals surface area contributed by atoms with E-state index < -0.39 is 11.8 Å². The van der Waals surface area contributed by atoms with Crippen LogP contribution in [0.3, 0.4) is 0 Å². The summed E-state index contributed by atoms with van der Waals surface area (Å²) in [6, 6.07) is 16.5. The zero-order valence-electron chi connectivity index (χ0n) is 15.9. The summed E-state index contributed by atoms with van der Waals surface area (Å²) in [5.74, 6) is -0.696. The Morgan fingerprint density at radius 3 is 2.41 bits per heavy atom. The van der Waals surface area contributed by atoms with Crippen LogP contribution >= 0.6 is 0 Å². The molecule has 0 aliphatic heterocycles. The number of halogens is 1. The van der Waals surface area contributed by atoms with Crippen molar-refractivity contribution in [3.05, 3.63) is 101 Å². The largest absolute Gasteiger partial charge is 0.465 e. The molecular formula is C23H21FN2O3. The van der Waals surface area contributed by atoms with Crippen molar-refractivity contribution >= 4 is 17.9 Å². The van der Waals surface area contributed by atoms with Crippen molar-refractivity contribution in [1.29, 1.82) is 0 Å². The Hall–Kier alpha value is -3.67. The third-order valence-electron chi connectivity index (χ3n) is 4.25. The molecule has 1 aromatic heterocycles. The van der Waals surface area contributed by atoms with E-state index in [0.29, 0.717) is 24.3 Å². The van der Waals surface area contributed by atoms with E-state index in [1.54, 1.807) is 36.4 Å². The Morgan fingerprint density at radius 2 is 1.76 bits per heavy atom. The predicted octanol–water partition coefficient (Wildman–Crippen LogP) is 3.86. The molecule has 0 radical (unpaired) electrons. The summed E-state index contributed by atoms with van der Waals surface area (Å²) in [6.45, 7) is 2.26. The van der Waals surface area contributed by atoms with Crippen LogP contribution in [0.4, 0.5) is 4.39 Å². The van der Waals surface area contributed by atoms with E-state index in [1.807, 2.05) is 19.1 Å². The fourth-order valence-electron chi connectivity index (χ4n) is 2.64. The number of carbonyl (C=O) groups is 2.